The number of aromatic amines is 1. The van der Waals surface area contributed by atoms with Crippen LogP contribution in [0.25, 0.3) is 0 Å². The van der Waals surface area contributed by atoms with Crippen LogP contribution in [0.1, 0.15) is 104 Å². The molecule has 0 bridgehead atoms. The van der Waals surface area contributed by atoms with Crippen LogP contribution < -0.4 is 5.32 Å². The van der Waals surface area contributed by atoms with E-state index >= 15 is 0 Å². The fraction of sp³-hybridized carbons (Fsp3) is 0.833. The van der Waals surface area contributed by atoms with Crippen molar-refractivity contribution in [2.45, 2.75) is 110 Å². The summed E-state index contributed by atoms with van der Waals surface area (Å²) in [7, 11) is 2.16. The highest BCUT2D eigenvalue weighted by Gasteiger charge is 2.71. The summed E-state index contributed by atoms with van der Waals surface area (Å²) in [6, 6.07) is 0.187. The molecule has 9 atom stereocenters. The number of likely N-dealkylation sites (N-methyl/N-ethyl adjacent to an activating group) is 1. The molecular formula is C36H57N5O. The second kappa shape index (κ2) is 9.34. The van der Waals surface area contributed by atoms with Gasteiger partial charge >= 0.3 is 6.03 Å². The number of rotatable bonds is 2. The van der Waals surface area contributed by atoms with Crippen molar-refractivity contribution in [3.8, 4) is 0 Å². The van der Waals surface area contributed by atoms with Crippen molar-refractivity contribution >= 4 is 6.03 Å². The largest absolute Gasteiger partial charge is 0.332 e. The van der Waals surface area contributed by atoms with Crippen molar-refractivity contribution in [3.05, 3.63) is 29.6 Å². The molecular weight excluding hydrogens is 518 g/mol. The minimum absolute atomic E-state index is 0.0863. The van der Waals surface area contributed by atoms with Crippen molar-refractivity contribution in [3.63, 3.8) is 0 Å². The Balaban J connectivity index is 1.22. The SMILES string of the molecule is C=C(C)[C@@H]1CC[C@]2(NC(=O)N3CCN(C)CC3)CC[C@]3(C)[C@H](CC[C@@H]4[C@@]5(C)Cc6cn[nH]c6C(C)(C)[C@@H]5CC[C@]43C)[C@@H]12. The molecule has 6 nitrogen and oxygen atoms in total. The molecule has 1 aliphatic heterocycles. The molecule has 1 aromatic heterocycles. The van der Waals surface area contributed by atoms with Crippen molar-refractivity contribution in [1.82, 2.24) is 25.3 Å². The number of urea groups is 1. The first kappa shape index (κ1) is 28.9. The van der Waals surface area contributed by atoms with Gasteiger partial charge in [-0.2, -0.15) is 5.10 Å². The van der Waals surface area contributed by atoms with Crippen molar-refractivity contribution in [1.29, 1.82) is 0 Å². The summed E-state index contributed by atoms with van der Waals surface area (Å²) in [6.45, 7) is 23.5. The van der Waals surface area contributed by atoms with Gasteiger partial charge in [0.15, 0.2) is 0 Å². The molecule has 1 saturated heterocycles. The molecule has 232 valence electrons. The summed E-state index contributed by atoms with van der Waals surface area (Å²) >= 11 is 0. The van der Waals surface area contributed by atoms with Gasteiger partial charge in [0, 0.05) is 42.8 Å². The number of nitrogens with one attached hydrogen (secondary N) is 2. The fourth-order valence-corrected chi connectivity index (χ4v) is 13.1. The van der Waals surface area contributed by atoms with Gasteiger partial charge < -0.3 is 15.1 Å². The van der Waals surface area contributed by atoms with Crippen LogP contribution in [0.4, 0.5) is 4.79 Å². The van der Waals surface area contributed by atoms with Crippen LogP contribution in [0.2, 0.25) is 0 Å². The topological polar surface area (TPSA) is 64.3 Å². The highest BCUT2D eigenvalue weighted by Crippen LogP contribution is 2.76. The predicted molar refractivity (Wildman–Crippen MR) is 169 cm³/mol. The van der Waals surface area contributed by atoms with E-state index in [9.17, 15) is 4.79 Å². The number of amides is 2. The Bertz CT molecular complexity index is 1260. The molecule has 1 aromatic rings. The number of allylic oxidation sites excluding steroid dienone is 1. The molecule has 42 heavy (non-hydrogen) atoms. The minimum Gasteiger partial charge on any atom is -0.332 e. The Morgan fingerprint density at radius 3 is 2.40 bits per heavy atom. The van der Waals surface area contributed by atoms with E-state index in [0.717, 1.165) is 45.4 Å². The number of piperazine rings is 1. The summed E-state index contributed by atoms with van der Waals surface area (Å²) in [5, 5.41) is 11.8. The molecule has 5 aliphatic carbocycles. The second-order valence-corrected chi connectivity index (χ2v) is 17.2. The lowest BCUT2D eigenvalue weighted by Crippen LogP contribution is -2.69. The average Bonchev–Trinajstić information content (AvgIpc) is 3.55. The van der Waals surface area contributed by atoms with Gasteiger partial charge in [-0.25, -0.2) is 4.79 Å². The van der Waals surface area contributed by atoms with E-state index in [1.54, 1.807) is 0 Å². The van der Waals surface area contributed by atoms with Gasteiger partial charge in [-0.1, -0.05) is 46.8 Å². The summed E-state index contributed by atoms with van der Waals surface area (Å²) in [5.41, 5.74) is 5.09. The number of fused-ring (bicyclic) bond motifs is 8. The Labute approximate surface area is 254 Å². The molecule has 7 rings (SSSR count). The maximum Gasteiger partial charge on any atom is 0.317 e. The van der Waals surface area contributed by atoms with Crippen LogP contribution in [-0.4, -0.2) is 64.8 Å². The van der Waals surface area contributed by atoms with Crippen molar-refractivity contribution < 1.29 is 4.79 Å². The Morgan fingerprint density at radius 1 is 0.952 bits per heavy atom. The van der Waals surface area contributed by atoms with Crippen LogP contribution in [0.3, 0.4) is 0 Å². The first-order chi connectivity index (χ1) is 19.8. The molecule has 2 amide bonds. The van der Waals surface area contributed by atoms with E-state index < -0.39 is 0 Å². The van der Waals surface area contributed by atoms with E-state index in [1.807, 2.05) is 0 Å². The number of nitrogens with zero attached hydrogens (tertiary/aromatic N) is 3. The molecule has 6 aliphatic rings. The summed E-state index contributed by atoms with van der Waals surface area (Å²) in [4.78, 5) is 18.2. The van der Waals surface area contributed by atoms with E-state index in [4.69, 9.17) is 0 Å². The molecule has 0 aromatic carbocycles. The van der Waals surface area contributed by atoms with Crippen LogP contribution in [0, 0.1) is 45.8 Å². The van der Waals surface area contributed by atoms with Gasteiger partial charge in [0.25, 0.3) is 0 Å². The lowest BCUT2D eigenvalue weighted by molar-refractivity contribution is -0.218. The Hall–Kier alpha value is -1.82. The molecule has 0 spiro atoms. The molecule has 2 N–H and O–H groups in total. The predicted octanol–water partition coefficient (Wildman–Crippen LogP) is 6.79. The van der Waals surface area contributed by atoms with Crippen LogP contribution in [-0.2, 0) is 11.8 Å². The molecule has 2 heterocycles. The zero-order valence-corrected chi connectivity index (χ0v) is 27.6. The quantitative estimate of drug-likeness (QED) is 0.382. The zero-order chi connectivity index (χ0) is 29.9. The standard InChI is InChI=1S/C36H57N5O/c1-23(2)25-11-14-36(38-31(42)41-19-17-40(8)18-20-41)16-15-34(6)26(29(25)36)9-10-28-33(5)21-24-22-37-39-30(24)32(3,4)27(33)12-13-35(28,34)7/h22,25-29H,1,9-21H2,2-8H3,(H,37,39)(H,38,42)/t25-,26+,27-,28+,29+,33-,34+,35+,36-/m0/s1. The third-order valence-corrected chi connectivity index (χ3v) is 15.3. The number of carbonyl (C=O) groups is 1. The van der Waals surface area contributed by atoms with Gasteiger partial charge in [0.1, 0.15) is 0 Å². The lowest BCUT2D eigenvalue weighted by Gasteiger charge is -2.72. The molecule has 5 fully saturated rings. The number of hydrogen-bond acceptors (Lipinski definition) is 3. The van der Waals surface area contributed by atoms with Crippen molar-refractivity contribution in [2.24, 2.45) is 45.8 Å². The Kier molecular flexibility index (Phi) is 6.43. The minimum atomic E-state index is -0.0863. The fourth-order valence-electron chi connectivity index (χ4n) is 13.1. The summed E-state index contributed by atoms with van der Waals surface area (Å²) in [6.07, 6.45) is 13.2. The van der Waals surface area contributed by atoms with Gasteiger partial charge in [-0.05, 0) is 123 Å². The third kappa shape index (κ3) is 3.72. The van der Waals surface area contributed by atoms with Crippen LogP contribution >= 0.6 is 0 Å². The zero-order valence-electron chi connectivity index (χ0n) is 27.6. The molecule has 6 heteroatoms. The highest BCUT2D eigenvalue weighted by atomic mass is 16.2. The molecule has 4 saturated carbocycles. The van der Waals surface area contributed by atoms with Gasteiger partial charge in [0.05, 0.1) is 6.20 Å². The first-order valence-electron chi connectivity index (χ1n) is 17.2. The highest BCUT2D eigenvalue weighted by molar-refractivity contribution is 5.75. The number of aromatic nitrogens is 2. The Morgan fingerprint density at radius 2 is 1.69 bits per heavy atom. The summed E-state index contributed by atoms with van der Waals surface area (Å²) in [5.74, 6) is 3.03. The maximum atomic E-state index is 13.8. The van der Waals surface area contributed by atoms with Gasteiger partial charge in [-0.15, -0.1) is 0 Å². The average molecular weight is 576 g/mol. The number of hydrogen-bond donors (Lipinski definition) is 2. The van der Waals surface area contributed by atoms with E-state index in [2.05, 4.69) is 86.7 Å². The smallest absolute Gasteiger partial charge is 0.317 e. The van der Waals surface area contributed by atoms with Gasteiger partial charge in [0.2, 0.25) is 0 Å². The third-order valence-electron chi connectivity index (χ3n) is 15.3. The van der Waals surface area contributed by atoms with Crippen LogP contribution in [0.15, 0.2) is 18.3 Å². The molecule has 0 unspecified atom stereocenters. The van der Waals surface area contributed by atoms with Gasteiger partial charge in [-0.3, -0.25) is 5.10 Å². The summed E-state index contributed by atoms with van der Waals surface area (Å²) < 4.78 is 0. The number of carbonyl (C=O) groups excluding carboxylic acids is 1. The monoisotopic (exact) mass is 575 g/mol. The maximum absolute atomic E-state index is 13.8. The lowest BCUT2D eigenvalue weighted by atomic mass is 9.33. The second-order valence-electron chi connectivity index (χ2n) is 17.2. The number of H-pyrrole nitrogens is 1. The van der Waals surface area contributed by atoms with Crippen molar-refractivity contribution in [2.75, 3.05) is 33.2 Å². The first-order valence-corrected chi connectivity index (χ1v) is 17.2. The molecule has 0 radical (unpaired) electrons. The normalized spacial score (nSPS) is 46.1. The van der Waals surface area contributed by atoms with E-state index in [1.165, 1.54) is 55.4 Å². The van der Waals surface area contributed by atoms with Crippen LogP contribution in [0.5, 0.6) is 0 Å². The van der Waals surface area contributed by atoms with E-state index in [0.29, 0.717) is 35.0 Å². The van der Waals surface area contributed by atoms with E-state index in [-0.39, 0.29) is 27.8 Å².